The molecule has 0 saturated carbocycles. The number of nitrogens with one attached hydrogen (secondary N) is 1. The van der Waals surface area contributed by atoms with E-state index in [2.05, 4.69) is 42.6 Å². The third-order valence-electron chi connectivity index (χ3n) is 3.47. The van der Waals surface area contributed by atoms with Crippen molar-refractivity contribution >= 4 is 12.4 Å². The van der Waals surface area contributed by atoms with E-state index in [1.807, 2.05) is 25.1 Å². The summed E-state index contributed by atoms with van der Waals surface area (Å²) in [6.45, 7) is 5.51. The molecule has 22 heavy (non-hydrogen) atoms. The first-order chi connectivity index (χ1) is 10.3. The van der Waals surface area contributed by atoms with Gasteiger partial charge in [0.1, 0.15) is 0 Å². The molecule has 1 N–H and O–H groups in total. The van der Waals surface area contributed by atoms with Crippen molar-refractivity contribution < 1.29 is 9.47 Å². The second-order valence-electron chi connectivity index (χ2n) is 4.89. The minimum absolute atomic E-state index is 0. The molecule has 3 nitrogen and oxygen atoms in total. The monoisotopic (exact) mass is 321 g/mol. The zero-order valence-corrected chi connectivity index (χ0v) is 14.2. The predicted molar refractivity (Wildman–Crippen MR) is 93.1 cm³/mol. The lowest BCUT2D eigenvalue weighted by Gasteiger charge is -2.17. The van der Waals surface area contributed by atoms with Gasteiger partial charge >= 0.3 is 0 Å². The number of hydrogen-bond donors (Lipinski definition) is 1. The van der Waals surface area contributed by atoms with E-state index < -0.39 is 0 Å². The van der Waals surface area contributed by atoms with Crippen molar-refractivity contribution in [2.45, 2.75) is 26.4 Å². The summed E-state index contributed by atoms with van der Waals surface area (Å²) in [5.41, 5.74) is 2.39. The van der Waals surface area contributed by atoms with Crippen LogP contribution in [0.2, 0.25) is 0 Å². The fourth-order valence-corrected chi connectivity index (χ4v) is 2.29. The minimum atomic E-state index is 0. The highest BCUT2D eigenvalue weighted by Crippen LogP contribution is 2.31. The quantitative estimate of drug-likeness (QED) is 0.821. The summed E-state index contributed by atoms with van der Waals surface area (Å²) in [5.74, 6) is 1.61. The van der Waals surface area contributed by atoms with Crippen molar-refractivity contribution in [2.75, 3.05) is 13.7 Å². The van der Waals surface area contributed by atoms with Gasteiger partial charge in [-0.2, -0.15) is 0 Å². The van der Waals surface area contributed by atoms with E-state index in [1.165, 1.54) is 5.56 Å². The average Bonchev–Trinajstić information content (AvgIpc) is 2.54. The van der Waals surface area contributed by atoms with Crippen LogP contribution in [-0.4, -0.2) is 13.7 Å². The molecule has 0 aliphatic rings. The molecule has 0 bridgehead atoms. The van der Waals surface area contributed by atoms with Crippen LogP contribution in [0.15, 0.2) is 48.5 Å². The van der Waals surface area contributed by atoms with E-state index >= 15 is 0 Å². The molecule has 0 spiro atoms. The van der Waals surface area contributed by atoms with Crippen LogP contribution in [-0.2, 0) is 6.54 Å². The molecule has 0 aliphatic carbocycles. The number of benzene rings is 2. The van der Waals surface area contributed by atoms with Crippen molar-refractivity contribution in [3.05, 3.63) is 59.7 Å². The normalized spacial score (nSPS) is 11.4. The van der Waals surface area contributed by atoms with Gasteiger partial charge in [0.2, 0.25) is 0 Å². The second kappa shape index (κ2) is 9.34. The van der Waals surface area contributed by atoms with Crippen molar-refractivity contribution in [1.82, 2.24) is 5.32 Å². The molecule has 0 radical (unpaired) electrons. The van der Waals surface area contributed by atoms with Crippen molar-refractivity contribution in [2.24, 2.45) is 0 Å². The Balaban J connectivity index is 0.00000242. The molecule has 2 aromatic carbocycles. The summed E-state index contributed by atoms with van der Waals surface area (Å²) in [5, 5.41) is 3.53. The maximum atomic E-state index is 5.73. The molecule has 1 unspecified atom stereocenters. The summed E-state index contributed by atoms with van der Waals surface area (Å²) in [4.78, 5) is 0. The molecule has 2 rings (SSSR count). The molecule has 120 valence electrons. The highest BCUT2D eigenvalue weighted by Gasteiger charge is 2.11. The van der Waals surface area contributed by atoms with Gasteiger partial charge in [-0.05, 0) is 25.5 Å². The van der Waals surface area contributed by atoms with Gasteiger partial charge < -0.3 is 14.8 Å². The van der Waals surface area contributed by atoms with Crippen LogP contribution in [0, 0.1) is 0 Å². The van der Waals surface area contributed by atoms with Crippen LogP contribution in [0.4, 0.5) is 0 Å². The molecule has 0 aliphatic heterocycles. The zero-order chi connectivity index (χ0) is 15.1. The largest absolute Gasteiger partial charge is 0.493 e. The molecule has 0 saturated heterocycles. The van der Waals surface area contributed by atoms with Crippen LogP contribution in [0.5, 0.6) is 11.5 Å². The number of para-hydroxylation sites is 1. The average molecular weight is 322 g/mol. The molecule has 0 heterocycles. The maximum Gasteiger partial charge on any atom is 0.165 e. The Labute approximate surface area is 139 Å². The Kier molecular flexibility index (Phi) is 7.78. The molecule has 0 fully saturated rings. The Morgan fingerprint density at radius 2 is 1.77 bits per heavy atom. The number of hydrogen-bond acceptors (Lipinski definition) is 3. The van der Waals surface area contributed by atoms with Gasteiger partial charge in [0.15, 0.2) is 11.5 Å². The first-order valence-electron chi connectivity index (χ1n) is 7.33. The predicted octanol–water partition coefficient (Wildman–Crippen LogP) is 4.37. The third kappa shape index (κ3) is 4.65. The van der Waals surface area contributed by atoms with Crippen molar-refractivity contribution in [3.8, 4) is 11.5 Å². The highest BCUT2D eigenvalue weighted by atomic mass is 35.5. The van der Waals surface area contributed by atoms with E-state index in [-0.39, 0.29) is 18.4 Å². The molecule has 4 heteroatoms. The summed E-state index contributed by atoms with van der Waals surface area (Å²) >= 11 is 0. The summed E-state index contributed by atoms with van der Waals surface area (Å²) < 4.78 is 11.1. The number of halogens is 1. The van der Waals surface area contributed by atoms with E-state index in [4.69, 9.17) is 9.47 Å². The van der Waals surface area contributed by atoms with Crippen LogP contribution >= 0.6 is 12.4 Å². The van der Waals surface area contributed by atoms with Gasteiger partial charge in [-0.25, -0.2) is 0 Å². The van der Waals surface area contributed by atoms with Crippen molar-refractivity contribution in [1.29, 1.82) is 0 Å². The smallest absolute Gasteiger partial charge is 0.165 e. The van der Waals surface area contributed by atoms with Crippen LogP contribution in [0.25, 0.3) is 0 Å². The highest BCUT2D eigenvalue weighted by molar-refractivity contribution is 5.85. The van der Waals surface area contributed by atoms with Crippen molar-refractivity contribution in [3.63, 3.8) is 0 Å². The lowest BCUT2D eigenvalue weighted by atomic mass is 10.1. The number of methoxy groups -OCH3 is 1. The van der Waals surface area contributed by atoms with Crippen LogP contribution < -0.4 is 14.8 Å². The Hall–Kier alpha value is -1.71. The number of rotatable bonds is 7. The number of ether oxygens (including phenoxy) is 2. The lowest BCUT2D eigenvalue weighted by Crippen LogP contribution is -2.18. The molecule has 0 aromatic heterocycles. The van der Waals surface area contributed by atoms with Gasteiger partial charge in [-0.3, -0.25) is 0 Å². The fourth-order valence-electron chi connectivity index (χ4n) is 2.29. The van der Waals surface area contributed by atoms with Gasteiger partial charge in [-0.1, -0.05) is 42.5 Å². The third-order valence-corrected chi connectivity index (χ3v) is 3.47. The van der Waals surface area contributed by atoms with E-state index in [1.54, 1.807) is 7.11 Å². The summed E-state index contributed by atoms with van der Waals surface area (Å²) in [7, 11) is 1.67. The molecule has 0 amide bonds. The Morgan fingerprint density at radius 3 is 2.41 bits per heavy atom. The summed E-state index contributed by atoms with van der Waals surface area (Å²) in [6.07, 6.45) is 0. The molecular weight excluding hydrogens is 298 g/mol. The van der Waals surface area contributed by atoms with E-state index in [9.17, 15) is 0 Å². The fraction of sp³-hybridized carbons (Fsp3) is 0.333. The van der Waals surface area contributed by atoms with Gasteiger partial charge in [-0.15, -0.1) is 12.4 Å². The van der Waals surface area contributed by atoms with Crippen LogP contribution in [0.1, 0.15) is 31.0 Å². The molecule has 1 atom stereocenters. The Bertz CT molecular complexity index is 560. The second-order valence-corrected chi connectivity index (χ2v) is 4.89. The minimum Gasteiger partial charge on any atom is -0.493 e. The van der Waals surface area contributed by atoms with E-state index in [0.29, 0.717) is 6.61 Å². The topological polar surface area (TPSA) is 30.5 Å². The standard InChI is InChI=1S/C18H23NO2.ClH/c1-4-21-18-16(11-8-12-17(18)20-3)13-19-14(2)15-9-6-5-7-10-15;/h5-12,14,19H,4,13H2,1-3H3;1H. The first-order valence-corrected chi connectivity index (χ1v) is 7.33. The Morgan fingerprint density at radius 1 is 1.05 bits per heavy atom. The van der Waals surface area contributed by atoms with Crippen LogP contribution in [0.3, 0.4) is 0 Å². The maximum absolute atomic E-state index is 5.73. The van der Waals surface area contributed by atoms with Gasteiger partial charge in [0.05, 0.1) is 13.7 Å². The molecule has 2 aromatic rings. The first kappa shape index (κ1) is 18.3. The SMILES string of the molecule is CCOc1c(CNC(C)c2ccccc2)cccc1OC.Cl. The van der Waals surface area contributed by atoms with E-state index in [0.717, 1.165) is 23.6 Å². The molecular formula is C18H24ClNO2. The zero-order valence-electron chi connectivity index (χ0n) is 13.3. The van der Waals surface area contributed by atoms with Gasteiger partial charge in [0, 0.05) is 18.2 Å². The lowest BCUT2D eigenvalue weighted by molar-refractivity contribution is 0.306. The van der Waals surface area contributed by atoms with Gasteiger partial charge in [0.25, 0.3) is 0 Å². The summed E-state index contributed by atoms with van der Waals surface area (Å²) in [6, 6.07) is 16.7.